The van der Waals surface area contributed by atoms with Gasteiger partial charge in [0.25, 0.3) is 5.82 Å². The zero-order chi connectivity index (χ0) is 17.4. The maximum Gasteiger partial charge on any atom is 0.453 e. The van der Waals surface area contributed by atoms with Crippen molar-refractivity contribution >= 4 is 11.5 Å². The Bertz CT molecular complexity index is 876. The van der Waals surface area contributed by atoms with Crippen molar-refractivity contribution in [3.8, 4) is 5.75 Å². The monoisotopic (exact) mass is 350 g/mol. The van der Waals surface area contributed by atoms with Crippen LogP contribution in [0.3, 0.4) is 0 Å². The fourth-order valence-electron chi connectivity index (χ4n) is 2.63. The molecule has 0 bridgehead atoms. The van der Waals surface area contributed by atoms with Gasteiger partial charge in [0.1, 0.15) is 11.6 Å². The van der Waals surface area contributed by atoms with E-state index in [1.807, 2.05) is 11.0 Å². The predicted molar refractivity (Wildman–Crippen MR) is 81.2 cm³/mol. The molecular weight excluding hydrogens is 337 g/mol. The van der Waals surface area contributed by atoms with Gasteiger partial charge in [-0.05, 0) is 24.3 Å². The SMILES string of the molecule is FC(F)(F)c1nnc2ccc(N3CC(COc4cccnc4)C3)nn12. The van der Waals surface area contributed by atoms with Gasteiger partial charge in [-0.2, -0.15) is 17.7 Å². The van der Waals surface area contributed by atoms with Crippen LogP contribution in [-0.2, 0) is 6.18 Å². The smallest absolute Gasteiger partial charge is 0.453 e. The van der Waals surface area contributed by atoms with Crippen LogP contribution in [-0.4, -0.2) is 44.5 Å². The lowest BCUT2D eigenvalue weighted by molar-refractivity contribution is -0.146. The van der Waals surface area contributed by atoms with Gasteiger partial charge in [-0.1, -0.05) is 0 Å². The number of alkyl halides is 3. The molecule has 0 saturated carbocycles. The van der Waals surface area contributed by atoms with E-state index in [2.05, 4.69) is 20.3 Å². The molecule has 1 saturated heterocycles. The van der Waals surface area contributed by atoms with Gasteiger partial charge in [-0.25, -0.2) is 0 Å². The highest BCUT2D eigenvalue weighted by Crippen LogP contribution is 2.29. The van der Waals surface area contributed by atoms with Crippen molar-refractivity contribution in [2.75, 3.05) is 24.6 Å². The van der Waals surface area contributed by atoms with E-state index >= 15 is 0 Å². The molecule has 1 fully saturated rings. The molecule has 4 heterocycles. The third kappa shape index (κ3) is 3.06. The minimum Gasteiger partial charge on any atom is -0.492 e. The summed E-state index contributed by atoms with van der Waals surface area (Å²) in [6.07, 6.45) is -1.30. The summed E-state index contributed by atoms with van der Waals surface area (Å²) >= 11 is 0. The van der Waals surface area contributed by atoms with Crippen molar-refractivity contribution in [2.24, 2.45) is 5.92 Å². The van der Waals surface area contributed by atoms with E-state index < -0.39 is 12.0 Å². The quantitative estimate of drug-likeness (QED) is 0.717. The van der Waals surface area contributed by atoms with Gasteiger partial charge in [0.15, 0.2) is 5.65 Å². The van der Waals surface area contributed by atoms with Gasteiger partial charge >= 0.3 is 6.18 Å². The summed E-state index contributed by atoms with van der Waals surface area (Å²) < 4.78 is 45.1. The Balaban J connectivity index is 1.42. The third-order valence-corrected chi connectivity index (χ3v) is 3.90. The molecule has 0 radical (unpaired) electrons. The van der Waals surface area contributed by atoms with Crippen LogP contribution in [0.2, 0.25) is 0 Å². The Morgan fingerprint density at radius 3 is 2.72 bits per heavy atom. The molecule has 1 aliphatic heterocycles. The number of rotatable bonds is 4. The van der Waals surface area contributed by atoms with Gasteiger partial charge in [0, 0.05) is 25.2 Å². The zero-order valence-electron chi connectivity index (χ0n) is 12.9. The first-order chi connectivity index (χ1) is 12.0. The molecule has 4 rings (SSSR count). The standard InChI is InChI=1S/C15H13F3N6O/c16-15(17,18)14-21-20-12-3-4-13(22-24(12)14)23-7-10(8-23)9-25-11-2-1-5-19-6-11/h1-6,10H,7-9H2. The second kappa shape index (κ2) is 5.87. The fourth-order valence-corrected chi connectivity index (χ4v) is 2.63. The van der Waals surface area contributed by atoms with Crippen molar-refractivity contribution in [1.29, 1.82) is 0 Å². The predicted octanol–water partition coefficient (Wildman–Crippen LogP) is 2.05. The molecule has 25 heavy (non-hydrogen) atoms. The van der Waals surface area contributed by atoms with Crippen LogP contribution in [0.25, 0.3) is 5.65 Å². The number of ether oxygens (including phenoxy) is 1. The lowest BCUT2D eigenvalue weighted by atomic mass is 10.0. The van der Waals surface area contributed by atoms with Gasteiger partial charge < -0.3 is 9.64 Å². The number of pyridine rings is 1. The number of nitrogens with zero attached hydrogens (tertiary/aromatic N) is 6. The van der Waals surface area contributed by atoms with Crippen molar-refractivity contribution in [2.45, 2.75) is 6.18 Å². The number of halogens is 3. The highest BCUT2D eigenvalue weighted by atomic mass is 19.4. The second-order valence-electron chi connectivity index (χ2n) is 5.75. The van der Waals surface area contributed by atoms with Crippen molar-refractivity contribution in [3.63, 3.8) is 0 Å². The number of hydrogen-bond donors (Lipinski definition) is 0. The molecule has 0 atom stereocenters. The molecule has 10 heteroatoms. The van der Waals surface area contributed by atoms with Crippen molar-refractivity contribution < 1.29 is 17.9 Å². The Morgan fingerprint density at radius 2 is 2.00 bits per heavy atom. The average Bonchev–Trinajstić information content (AvgIpc) is 2.98. The molecule has 0 unspecified atom stereocenters. The van der Waals surface area contributed by atoms with E-state index in [1.54, 1.807) is 24.5 Å². The van der Waals surface area contributed by atoms with Gasteiger partial charge in [0.05, 0.1) is 12.8 Å². The molecule has 0 amide bonds. The largest absolute Gasteiger partial charge is 0.492 e. The average molecular weight is 350 g/mol. The lowest BCUT2D eigenvalue weighted by Crippen LogP contribution is -2.49. The maximum absolute atomic E-state index is 12.9. The molecule has 0 spiro atoms. The number of hydrogen-bond acceptors (Lipinski definition) is 6. The third-order valence-electron chi connectivity index (χ3n) is 3.90. The Hall–Kier alpha value is -2.91. The van der Waals surface area contributed by atoms with Crippen LogP contribution in [0, 0.1) is 5.92 Å². The summed E-state index contributed by atoms with van der Waals surface area (Å²) in [5, 5.41) is 10.7. The minimum atomic E-state index is -4.60. The number of anilines is 1. The summed E-state index contributed by atoms with van der Waals surface area (Å²) in [5.74, 6) is 0.303. The molecule has 1 aliphatic rings. The number of fused-ring (bicyclic) bond motifs is 1. The summed E-state index contributed by atoms with van der Waals surface area (Å²) in [6.45, 7) is 1.83. The molecule has 7 nitrogen and oxygen atoms in total. The van der Waals surface area contributed by atoms with Gasteiger partial charge in [0.2, 0.25) is 0 Å². The molecule has 0 aromatic carbocycles. The van der Waals surface area contributed by atoms with Crippen LogP contribution in [0.5, 0.6) is 5.75 Å². The first-order valence-corrected chi connectivity index (χ1v) is 7.58. The first-order valence-electron chi connectivity index (χ1n) is 7.58. The van der Waals surface area contributed by atoms with E-state index in [0.29, 0.717) is 31.3 Å². The molecule has 0 N–H and O–H groups in total. The van der Waals surface area contributed by atoms with Crippen molar-refractivity contribution in [1.82, 2.24) is 24.8 Å². The molecule has 3 aromatic heterocycles. The Labute approximate surface area is 140 Å². The Morgan fingerprint density at radius 1 is 1.16 bits per heavy atom. The van der Waals surface area contributed by atoms with E-state index in [9.17, 15) is 13.2 Å². The summed E-state index contributed by atoms with van der Waals surface area (Å²) in [5.41, 5.74) is 0.0630. The topological polar surface area (TPSA) is 68.4 Å². The van der Waals surface area contributed by atoms with Crippen LogP contribution in [0.15, 0.2) is 36.7 Å². The first kappa shape index (κ1) is 15.6. The Kier molecular flexibility index (Phi) is 3.66. The van der Waals surface area contributed by atoms with Crippen LogP contribution in [0.1, 0.15) is 5.82 Å². The van der Waals surface area contributed by atoms with Crippen LogP contribution in [0.4, 0.5) is 19.0 Å². The number of aromatic nitrogens is 5. The highest BCUT2D eigenvalue weighted by Gasteiger charge is 2.38. The molecular formula is C15H13F3N6O. The van der Waals surface area contributed by atoms with E-state index in [4.69, 9.17) is 4.74 Å². The van der Waals surface area contributed by atoms with Crippen LogP contribution < -0.4 is 9.64 Å². The molecule has 130 valence electrons. The fraction of sp³-hybridized carbons (Fsp3) is 0.333. The van der Waals surface area contributed by atoms with Gasteiger partial charge in [-0.15, -0.1) is 15.3 Å². The van der Waals surface area contributed by atoms with Gasteiger partial charge in [-0.3, -0.25) is 4.98 Å². The normalized spacial score (nSPS) is 15.4. The van der Waals surface area contributed by atoms with E-state index in [-0.39, 0.29) is 11.6 Å². The van der Waals surface area contributed by atoms with Crippen LogP contribution >= 0.6 is 0 Å². The van der Waals surface area contributed by atoms with E-state index in [1.165, 1.54) is 6.07 Å². The highest BCUT2D eigenvalue weighted by molar-refractivity contribution is 5.47. The second-order valence-corrected chi connectivity index (χ2v) is 5.75. The lowest BCUT2D eigenvalue weighted by Gasteiger charge is -2.39. The molecule has 0 aliphatic carbocycles. The van der Waals surface area contributed by atoms with Crippen molar-refractivity contribution in [3.05, 3.63) is 42.5 Å². The maximum atomic E-state index is 12.9. The summed E-state index contributed by atoms with van der Waals surface area (Å²) in [7, 11) is 0. The van der Waals surface area contributed by atoms with E-state index in [0.717, 1.165) is 4.52 Å². The summed E-state index contributed by atoms with van der Waals surface area (Å²) in [6, 6.07) is 6.73. The summed E-state index contributed by atoms with van der Waals surface area (Å²) in [4.78, 5) is 5.85. The molecule has 3 aromatic rings. The zero-order valence-corrected chi connectivity index (χ0v) is 12.9. The minimum absolute atomic E-state index is 0.0630.